The first-order valence-corrected chi connectivity index (χ1v) is 2.99. The first-order valence-electron chi connectivity index (χ1n) is 2.99. The van der Waals surface area contributed by atoms with Crippen molar-refractivity contribution in [2.45, 2.75) is 18.5 Å². The molecular weight excluding hydrogens is 243 g/mol. The fourth-order valence-electron chi connectivity index (χ4n) is 0.728. The molecule has 0 bridgehead atoms. The van der Waals surface area contributed by atoms with Crippen LogP contribution in [0.2, 0.25) is 0 Å². The molecule has 0 aliphatic carbocycles. The highest BCUT2D eigenvalue weighted by molar-refractivity contribution is 5.18. The van der Waals surface area contributed by atoms with E-state index in [-0.39, 0.29) is 5.92 Å². The summed E-state index contributed by atoms with van der Waals surface area (Å²) in [5.74, 6) is -0.240. The fourth-order valence-corrected chi connectivity index (χ4v) is 0.728. The van der Waals surface area contributed by atoms with Gasteiger partial charge in [0.25, 0.3) is 0 Å². The van der Waals surface area contributed by atoms with E-state index in [9.17, 15) is 39.5 Å². The van der Waals surface area contributed by atoms with Crippen molar-refractivity contribution in [3.05, 3.63) is 0 Å². The van der Waals surface area contributed by atoms with Gasteiger partial charge in [0, 0.05) is 0 Å². The Morgan fingerprint density at radius 1 is 0.600 bits per heavy atom. The second-order valence-corrected chi connectivity index (χ2v) is 2.39. The lowest BCUT2D eigenvalue weighted by molar-refractivity contribution is -0.402. The lowest BCUT2D eigenvalue weighted by Crippen LogP contribution is -2.58. The van der Waals surface area contributed by atoms with Crippen molar-refractivity contribution in [2.24, 2.45) is 5.41 Å². The van der Waals surface area contributed by atoms with E-state index in [0.29, 0.717) is 0 Å². The zero-order valence-corrected chi connectivity index (χ0v) is 6.48. The number of hydrogen-bond acceptors (Lipinski definition) is 0. The quantitative estimate of drug-likeness (QED) is 0.453. The molecule has 0 heterocycles. The van der Waals surface area contributed by atoms with Crippen LogP contribution in [0.25, 0.3) is 0 Å². The Morgan fingerprint density at radius 2 is 0.800 bits per heavy atom. The van der Waals surface area contributed by atoms with E-state index in [1.807, 2.05) is 0 Å². The highest BCUT2D eigenvalue weighted by Crippen LogP contribution is 2.58. The molecule has 0 saturated carbocycles. The smallest absolute Gasteiger partial charge is 0.168 e. The summed E-state index contributed by atoms with van der Waals surface area (Å²) in [5, 5.41) is 0. The molecule has 0 saturated heterocycles. The number of alkyl halides is 9. The molecule has 0 aromatic carbocycles. The zero-order valence-electron chi connectivity index (χ0n) is 6.48. The van der Waals surface area contributed by atoms with Crippen molar-refractivity contribution >= 4 is 0 Å². The summed E-state index contributed by atoms with van der Waals surface area (Å²) >= 11 is 0. The van der Waals surface area contributed by atoms with Crippen LogP contribution in [0.15, 0.2) is 0 Å². The first-order chi connectivity index (χ1) is 6.31. The van der Waals surface area contributed by atoms with Gasteiger partial charge in [0.2, 0.25) is 0 Å². The third-order valence-electron chi connectivity index (χ3n) is 1.49. The summed E-state index contributed by atoms with van der Waals surface area (Å²) in [4.78, 5) is 0. The summed E-state index contributed by atoms with van der Waals surface area (Å²) in [6.45, 7) is 0. The van der Waals surface area contributed by atoms with Gasteiger partial charge in [-0.3, -0.25) is 0 Å². The minimum atomic E-state index is -6.65. The second-order valence-electron chi connectivity index (χ2n) is 2.39. The predicted molar refractivity (Wildman–Crippen MR) is 29.4 cm³/mol. The molecule has 0 fully saturated rings. The maximum absolute atomic E-state index is 11.8. The summed E-state index contributed by atoms with van der Waals surface area (Å²) in [5.41, 5.74) is -6.12. The lowest BCUT2D eigenvalue weighted by Gasteiger charge is -2.34. The average Bonchev–Trinajstić information content (AvgIpc) is 1.76. The Morgan fingerprint density at radius 3 is 0.800 bits per heavy atom. The van der Waals surface area contributed by atoms with Gasteiger partial charge in [-0.05, 0) is 0 Å². The predicted octanol–water partition coefficient (Wildman–Crippen LogP) is 3.29. The van der Waals surface area contributed by atoms with Crippen molar-refractivity contribution in [3.63, 3.8) is 0 Å². The van der Waals surface area contributed by atoms with Crippen molar-refractivity contribution in [1.29, 1.82) is 0 Å². The summed E-state index contributed by atoms with van der Waals surface area (Å²) < 4.78 is 106. The summed E-state index contributed by atoms with van der Waals surface area (Å²) in [7, 11) is 0. The van der Waals surface area contributed by atoms with E-state index in [4.69, 9.17) is 0 Å². The topological polar surface area (TPSA) is 0 Å². The van der Waals surface area contributed by atoms with E-state index >= 15 is 0 Å². The highest BCUT2D eigenvalue weighted by Gasteiger charge is 2.83. The van der Waals surface area contributed by atoms with Crippen LogP contribution < -0.4 is 0 Å². The molecule has 88 valence electrons. The molecule has 0 aliphatic rings. The zero-order chi connectivity index (χ0) is 12.7. The van der Waals surface area contributed by atoms with Crippen molar-refractivity contribution in [3.8, 4) is 12.3 Å². The van der Waals surface area contributed by atoms with Crippen LogP contribution in [0.5, 0.6) is 0 Å². The van der Waals surface area contributed by atoms with E-state index in [2.05, 4.69) is 6.42 Å². The van der Waals surface area contributed by atoms with Gasteiger partial charge in [-0.15, -0.1) is 6.42 Å². The van der Waals surface area contributed by atoms with Gasteiger partial charge in [-0.2, -0.15) is 39.5 Å². The van der Waals surface area contributed by atoms with Crippen molar-refractivity contribution < 1.29 is 39.5 Å². The van der Waals surface area contributed by atoms with Gasteiger partial charge >= 0.3 is 23.9 Å². The van der Waals surface area contributed by atoms with E-state index in [1.54, 1.807) is 0 Å². The maximum atomic E-state index is 11.8. The van der Waals surface area contributed by atoms with Crippen LogP contribution in [-0.2, 0) is 0 Å². The third-order valence-corrected chi connectivity index (χ3v) is 1.49. The highest BCUT2D eigenvalue weighted by atomic mass is 19.4. The Bertz CT molecular complexity index is 233. The molecule has 9 heteroatoms. The number of rotatable bonds is 0. The molecule has 0 aromatic rings. The monoisotopic (exact) mass is 244 g/mol. The molecule has 0 rings (SSSR count). The van der Waals surface area contributed by atoms with Crippen LogP contribution in [0.1, 0.15) is 0 Å². The van der Waals surface area contributed by atoms with Crippen LogP contribution >= 0.6 is 0 Å². The number of halogens is 9. The summed E-state index contributed by atoms with van der Waals surface area (Å²) in [6, 6.07) is 0. The molecule has 0 aliphatic heterocycles. The van der Waals surface area contributed by atoms with Crippen LogP contribution in [-0.4, -0.2) is 18.5 Å². The van der Waals surface area contributed by atoms with Crippen molar-refractivity contribution in [2.75, 3.05) is 0 Å². The lowest BCUT2D eigenvalue weighted by atomic mass is 9.86. The molecular formula is C6HF9. The van der Waals surface area contributed by atoms with Gasteiger partial charge < -0.3 is 0 Å². The second kappa shape index (κ2) is 3.21. The van der Waals surface area contributed by atoms with Crippen molar-refractivity contribution in [1.82, 2.24) is 0 Å². The Hall–Kier alpha value is -1.07. The molecule has 0 amide bonds. The summed E-state index contributed by atoms with van der Waals surface area (Å²) in [6.07, 6.45) is -16.2. The molecule has 0 nitrogen and oxygen atoms in total. The van der Waals surface area contributed by atoms with Crippen LogP contribution in [0.4, 0.5) is 39.5 Å². The third kappa shape index (κ3) is 1.85. The van der Waals surface area contributed by atoms with Gasteiger partial charge in [-0.25, -0.2) is 0 Å². The largest absolute Gasteiger partial charge is 0.423 e. The van der Waals surface area contributed by atoms with Crippen LogP contribution in [0.3, 0.4) is 0 Å². The van der Waals surface area contributed by atoms with E-state index in [0.717, 1.165) is 0 Å². The minimum absolute atomic E-state index is 0.240. The van der Waals surface area contributed by atoms with Gasteiger partial charge in [-0.1, -0.05) is 5.92 Å². The Labute approximate surface area is 77.1 Å². The van der Waals surface area contributed by atoms with Gasteiger partial charge in [0.15, 0.2) is 0 Å². The van der Waals surface area contributed by atoms with Crippen LogP contribution in [0, 0.1) is 17.8 Å². The maximum Gasteiger partial charge on any atom is 0.423 e. The normalized spacial score (nSPS) is 14.9. The molecule has 0 N–H and O–H groups in total. The van der Waals surface area contributed by atoms with E-state index in [1.165, 1.54) is 0 Å². The molecule has 0 radical (unpaired) electrons. The standard InChI is InChI=1S/C6HF9/c1-2-3(4(7,8)9,5(10,11)12)6(13,14)15/h1H. The Balaban J connectivity index is 5.93. The van der Waals surface area contributed by atoms with E-state index < -0.39 is 23.9 Å². The van der Waals surface area contributed by atoms with Gasteiger partial charge in [0.05, 0.1) is 0 Å². The number of hydrogen-bond donors (Lipinski definition) is 0. The molecule has 0 unspecified atom stereocenters. The minimum Gasteiger partial charge on any atom is -0.168 e. The fraction of sp³-hybridized carbons (Fsp3) is 0.667. The molecule has 0 atom stereocenters. The first kappa shape index (κ1) is 13.9. The molecule has 0 aromatic heterocycles. The van der Waals surface area contributed by atoms with Gasteiger partial charge in [0.1, 0.15) is 0 Å². The Kier molecular flexibility index (Phi) is 2.98. The number of terminal acetylenes is 1. The molecule has 0 spiro atoms. The average molecular weight is 244 g/mol. The molecule has 15 heavy (non-hydrogen) atoms. The SMILES string of the molecule is C#CC(C(F)(F)F)(C(F)(F)F)C(F)(F)F.